The normalized spacial score (nSPS) is 17.2. The summed E-state index contributed by atoms with van der Waals surface area (Å²) in [6.07, 6.45) is 3.67. The van der Waals surface area contributed by atoms with Crippen molar-refractivity contribution in [1.29, 1.82) is 0 Å². The second kappa shape index (κ2) is 5.90. The number of benzene rings is 1. The van der Waals surface area contributed by atoms with E-state index < -0.39 is 0 Å². The summed E-state index contributed by atoms with van der Waals surface area (Å²) in [6.45, 7) is 6.81. The molecule has 0 spiro atoms. The number of aryl methyl sites for hydroxylation is 1. The van der Waals surface area contributed by atoms with E-state index in [1.165, 1.54) is 37.1 Å². The molecule has 0 saturated carbocycles. The number of rotatable bonds is 3. The molecule has 88 valence electrons. The summed E-state index contributed by atoms with van der Waals surface area (Å²) in [4.78, 5) is 2.48. The van der Waals surface area contributed by atoms with Gasteiger partial charge in [0.1, 0.15) is 0 Å². The van der Waals surface area contributed by atoms with Crippen LogP contribution in [-0.2, 0) is 6.42 Å². The zero-order chi connectivity index (χ0) is 11.2. The molecule has 1 aromatic rings. The summed E-state index contributed by atoms with van der Waals surface area (Å²) in [7, 11) is 0. The average molecular weight is 218 g/mol. The van der Waals surface area contributed by atoms with Crippen molar-refractivity contribution in [2.75, 3.05) is 31.1 Å². The molecule has 0 unspecified atom stereocenters. The van der Waals surface area contributed by atoms with Crippen LogP contribution in [0.4, 0.5) is 5.69 Å². The lowest BCUT2D eigenvalue weighted by molar-refractivity contribution is 0.724. The second-order valence-electron chi connectivity index (χ2n) is 4.51. The third-order valence-electron chi connectivity index (χ3n) is 3.18. The van der Waals surface area contributed by atoms with Crippen LogP contribution >= 0.6 is 0 Å². The molecule has 1 N–H and O–H groups in total. The van der Waals surface area contributed by atoms with Crippen molar-refractivity contribution >= 4 is 5.69 Å². The molecule has 0 aromatic heterocycles. The van der Waals surface area contributed by atoms with E-state index in [1.807, 2.05) is 0 Å². The van der Waals surface area contributed by atoms with Crippen LogP contribution in [0.1, 0.15) is 25.3 Å². The molecule has 1 aliphatic rings. The monoisotopic (exact) mass is 218 g/mol. The molecule has 0 radical (unpaired) electrons. The average Bonchev–Trinajstić information content (AvgIpc) is 2.59. The third-order valence-corrected chi connectivity index (χ3v) is 3.18. The van der Waals surface area contributed by atoms with Gasteiger partial charge in [0.25, 0.3) is 0 Å². The highest BCUT2D eigenvalue weighted by atomic mass is 15.2. The van der Waals surface area contributed by atoms with Gasteiger partial charge >= 0.3 is 0 Å². The summed E-state index contributed by atoms with van der Waals surface area (Å²) in [5.74, 6) is 0. The van der Waals surface area contributed by atoms with Crippen LogP contribution in [0.5, 0.6) is 0 Å². The van der Waals surface area contributed by atoms with Gasteiger partial charge in [-0.25, -0.2) is 0 Å². The fourth-order valence-corrected chi connectivity index (χ4v) is 2.27. The maximum Gasteiger partial charge on any atom is 0.0366 e. The summed E-state index contributed by atoms with van der Waals surface area (Å²) in [6, 6.07) is 9.10. The van der Waals surface area contributed by atoms with Gasteiger partial charge in [0.15, 0.2) is 0 Å². The lowest BCUT2D eigenvalue weighted by atomic mass is 10.1. The Kier molecular flexibility index (Phi) is 4.23. The Hall–Kier alpha value is -1.02. The standard InChI is InChI=1S/C14H22N2/c1-2-4-13-5-7-14(8-6-13)16-11-3-9-15-10-12-16/h5-8,15H,2-4,9-12H2,1H3. The summed E-state index contributed by atoms with van der Waals surface area (Å²) < 4.78 is 0. The van der Waals surface area contributed by atoms with Crippen LogP contribution in [0.2, 0.25) is 0 Å². The van der Waals surface area contributed by atoms with Gasteiger partial charge in [-0.3, -0.25) is 0 Å². The smallest absolute Gasteiger partial charge is 0.0366 e. The fourth-order valence-electron chi connectivity index (χ4n) is 2.27. The SMILES string of the molecule is CCCc1ccc(N2CCCNCC2)cc1. The van der Waals surface area contributed by atoms with E-state index >= 15 is 0 Å². The first-order valence-electron chi connectivity index (χ1n) is 6.45. The zero-order valence-electron chi connectivity index (χ0n) is 10.2. The first kappa shape index (κ1) is 11.5. The van der Waals surface area contributed by atoms with E-state index in [9.17, 15) is 0 Å². The van der Waals surface area contributed by atoms with Crippen LogP contribution in [0.3, 0.4) is 0 Å². The Bertz CT molecular complexity index is 297. The van der Waals surface area contributed by atoms with Crippen molar-refractivity contribution in [1.82, 2.24) is 5.32 Å². The van der Waals surface area contributed by atoms with Crippen molar-refractivity contribution < 1.29 is 0 Å². The maximum atomic E-state index is 3.44. The molecular formula is C14H22N2. The Labute approximate surface area is 98.7 Å². The molecular weight excluding hydrogens is 196 g/mol. The third kappa shape index (κ3) is 2.99. The molecule has 2 heteroatoms. The Morgan fingerprint density at radius 2 is 1.94 bits per heavy atom. The van der Waals surface area contributed by atoms with Gasteiger partial charge in [0, 0.05) is 25.3 Å². The van der Waals surface area contributed by atoms with Gasteiger partial charge in [-0.15, -0.1) is 0 Å². The molecule has 1 aliphatic heterocycles. The second-order valence-corrected chi connectivity index (χ2v) is 4.51. The van der Waals surface area contributed by atoms with Gasteiger partial charge in [-0.05, 0) is 37.1 Å². The van der Waals surface area contributed by atoms with Crippen LogP contribution in [-0.4, -0.2) is 26.2 Å². The van der Waals surface area contributed by atoms with Crippen molar-refractivity contribution in [2.45, 2.75) is 26.2 Å². The highest BCUT2D eigenvalue weighted by Gasteiger charge is 2.08. The van der Waals surface area contributed by atoms with Crippen molar-refractivity contribution in [3.05, 3.63) is 29.8 Å². The summed E-state index contributed by atoms with van der Waals surface area (Å²) in [5.41, 5.74) is 2.84. The van der Waals surface area contributed by atoms with Gasteiger partial charge in [0.05, 0.1) is 0 Å². The van der Waals surface area contributed by atoms with Crippen LogP contribution in [0, 0.1) is 0 Å². The molecule has 1 heterocycles. The quantitative estimate of drug-likeness (QED) is 0.838. The lowest BCUT2D eigenvalue weighted by Crippen LogP contribution is -2.27. The van der Waals surface area contributed by atoms with E-state index in [-0.39, 0.29) is 0 Å². The molecule has 1 saturated heterocycles. The summed E-state index contributed by atoms with van der Waals surface area (Å²) in [5, 5.41) is 3.44. The predicted octanol–water partition coefficient (Wildman–Crippen LogP) is 2.44. The minimum atomic E-state index is 1.11. The largest absolute Gasteiger partial charge is 0.370 e. The number of anilines is 1. The van der Waals surface area contributed by atoms with E-state index in [0.29, 0.717) is 0 Å². The minimum absolute atomic E-state index is 1.11. The van der Waals surface area contributed by atoms with Crippen molar-refractivity contribution in [3.8, 4) is 0 Å². The number of nitrogens with one attached hydrogen (secondary N) is 1. The zero-order valence-corrected chi connectivity index (χ0v) is 10.2. The maximum absolute atomic E-state index is 3.44. The highest BCUT2D eigenvalue weighted by molar-refractivity contribution is 5.47. The highest BCUT2D eigenvalue weighted by Crippen LogP contribution is 2.16. The van der Waals surface area contributed by atoms with Gasteiger partial charge in [-0.2, -0.15) is 0 Å². The van der Waals surface area contributed by atoms with Gasteiger partial charge < -0.3 is 10.2 Å². The van der Waals surface area contributed by atoms with E-state index in [1.54, 1.807) is 0 Å². The van der Waals surface area contributed by atoms with E-state index in [0.717, 1.165) is 19.6 Å². The predicted molar refractivity (Wildman–Crippen MR) is 70.1 cm³/mol. The first-order valence-corrected chi connectivity index (χ1v) is 6.45. The molecule has 1 aromatic carbocycles. The van der Waals surface area contributed by atoms with E-state index in [4.69, 9.17) is 0 Å². The van der Waals surface area contributed by atoms with Crippen molar-refractivity contribution in [2.24, 2.45) is 0 Å². The number of hydrogen-bond acceptors (Lipinski definition) is 2. The molecule has 0 bridgehead atoms. The molecule has 0 atom stereocenters. The molecule has 2 nitrogen and oxygen atoms in total. The Balaban J connectivity index is 2.01. The number of hydrogen-bond donors (Lipinski definition) is 1. The van der Waals surface area contributed by atoms with Gasteiger partial charge in [0.2, 0.25) is 0 Å². The van der Waals surface area contributed by atoms with Gasteiger partial charge in [-0.1, -0.05) is 25.5 Å². The Morgan fingerprint density at radius 1 is 1.12 bits per heavy atom. The molecule has 2 rings (SSSR count). The molecule has 0 amide bonds. The summed E-state index contributed by atoms with van der Waals surface area (Å²) >= 11 is 0. The lowest BCUT2D eigenvalue weighted by Gasteiger charge is -2.22. The number of nitrogens with zero attached hydrogens (tertiary/aromatic N) is 1. The fraction of sp³-hybridized carbons (Fsp3) is 0.571. The minimum Gasteiger partial charge on any atom is -0.370 e. The van der Waals surface area contributed by atoms with E-state index in [2.05, 4.69) is 41.4 Å². The van der Waals surface area contributed by atoms with Crippen molar-refractivity contribution in [3.63, 3.8) is 0 Å². The van der Waals surface area contributed by atoms with Crippen LogP contribution in [0.25, 0.3) is 0 Å². The molecule has 0 aliphatic carbocycles. The topological polar surface area (TPSA) is 15.3 Å². The molecule has 1 fully saturated rings. The Morgan fingerprint density at radius 3 is 2.69 bits per heavy atom. The van der Waals surface area contributed by atoms with Crippen LogP contribution < -0.4 is 10.2 Å². The molecule has 16 heavy (non-hydrogen) atoms. The first-order chi connectivity index (χ1) is 7.90. The van der Waals surface area contributed by atoms with Crippen LogP contribution in [0.15, 0.2) is 24.3 Å².